The van der Waals surface area contributed by atoms with E-state index in [2.05, 4.69) is 13.8 Å². The van der Waals surface area contributed by atoms with E-state index in [4.69, 9.17) is 0 Å². The van der Waals surface area contributed by atoms with E-state index in [1.54, 1.807) is 0 Å². The first-order valence-electron chi connectivity index (χ1n) is 4.17. The van der Waals surface area contributed by atoms with Gasteiger partial charge in [-0.05, 0) is 18.3 Å². The van der Waals surface area contributed by atoms with Gasteiger partial charge in [-0.2, -0.15) is 0 Å². The lowest BCUT2D eigenvalue weighted by atomic mass is 9.68. The Bertz CT molecular complexity index is 172. The number of ketones is 1. The van der Waals surface area contributed by atoms with Gasteiger partial charge in [-0.25, -0.2) is 0 Å². The van der Waals surface area contributed by atoms with Gasteiger partial charge in [0, 0.05) is 5.92 Å². The van der Waals surface area contributed by atoms with Crippen molar-refractivity contribution in [1.82, 2.24) is 0 Å². The molecule has 64 valence electrons. The number of rotatable bonds is 0. The second-order valence-electron chi connectivity index (χ2n) is 4.17. The Morgan fingerprint density at radius 1 is 1.55 bits per heavy atom. The van der Waals surface area contributed by atoms with Crippen LogP contribution < -0.4 is 0 Å². The first-order chi connectivity index (χ1) is 4.95. The van der Waals surface area contributed by atoms with E-state index in [1.165, 1.54) is 0 Å². The molecule has 2 nitrogen and oxygen atoms in total. The molecule has 1 saturated carbocycles. The highest BCUT2D eigenvalue weighted by molar-refractivity contribution is 5.86. The molecular weight excluding hydrogens is 140 g/mol. The molecule has 0 bridgehead atoms. The van der Waals surface area contributed by atoms with Gasteiger partial charge in [-0.15, -0.1) is 0 Å². The number of aliphatic hydroxyl groups is 1. The highest BCUT2D eigenvalue weighted by atomic mass is 16.3. The monoisotopic (exact) mass is 156 g/mol. The van der Waals surface area contributed by atoms with Gasteiger partial charge in [0.1, 0.15) is 6.10 Å². The predicted molar refractivity (Wildman–Crippen MR) is 43.2 cm³/mol. The maximum Gasteiger partial charge on any atom is 0.164 e. The Kier molecular flexibility index (Phi) is 2.06. The van der Waals surface area contributed by atoms with E-state index in [9.17, 15) is 9.90 Å². The Labute approximate surface area is 67.6 Å². The number of hydrogen-bond acceptors (Lipinski definition) is 2. The third-order valence-corrected chi connectivity index (χ3v) is 2.99. The Hall–Kier alpha value is -0.370. The smallest absolute Gasteiger partial charge is 0.164 e. The zero-order valence-corrected chi connectivity index (χ0v) is 7.42. The molecule has 0 aliphatic heterocycles. The molecule has 0 amide bonds. The fourth-order valence-electron chi connectivity index (χ4n) is 1.54. The van der Waals surface area contributed by atoms with Crippen LogP contribution in [-0.2, 0) is 4.79 Å². The second kappa shape index (κ2) is 2.59. The lowest BCUT2D eigenvalue weighted by molar-refractivity contribution is -0.139. The third-order valence-electron chi connectivity index (χ3n) is 2.99. The molecule has 0 saturated heterocycles. The van der Waals surface area contributed by atoms with Crippen molar-refractivity contribution in [3.63, 3.8) is 0 Å². The highest BCUT2D eigenvalue weighted by Crippen LogP contribution is 2.37. The fourth-order valence-corrected chi connectivity index (χ4v) is 1.54. The molecule has 0 aromatic carbocycles. The SMILES string of the molecule is C[C@H]1C(=O)C(O)CCC1(C)C. The number of carbonyl (C=O) groups is 1. The summed E-state index contributed by atoms with van der Waals surface area (Å²) in [4.78, 5) is 11.3. The summed E-state index contributed by atoms with van der Waals surface area (Å²) in [6, 6.07) is 0. The standard InChI is InChI=1S/C9H16O2/c1-6-8(11)7(10)4-5-9(6,2)3/h6-7,10H,4-5H2,1-3H3/t6-,7?/m0/s1. The molecule has 0 aromatic rings. The van der Waals surface area contributed by atoms with E-state index >= 15 is 0 Å². The lowest BCUT2D eigenvalue weighted by Crippen LogP contribution is -2.41. The first kappa shape index (κ1) is 8.72. The minimum Gasteiger partial charge on any atom is -0.385 e. The Morgan fingerprint density at radius 3 is 2.55 bits per heavy atom. The van der Waals surface area contributed by atoms with Crippen molar-refractivity contribution < 1.29 is 9.90 Å². The van der Waals surface area contributed by atoms with Crippen molar-refractivity contribution in [3.8, 4) is 0 Å². The molecule has 0 aromatic heterocycles. The van der Waals surface area contributed by atoms with Crippen LogP contribution in [-0.4, -0.2) is 17.0 Å². The molecule has 11 heavy (non-hydrogen) atoms. The normalized spacial score (nSPS) is 37.3. The first-order valence-corrected chi connectivity index (χ1v) is 4.17. The quantitative estimate of drug-likeness (QED) is 0.575. The summed E-state index contributed by atoms with van der Waals surface area (Å²) in [7, 11) is 0. The molecule has 1 unspecified atom stereocenters. The average Bonchev–Trinajstić information content (AvgIpc) is 1.95. The summed E-state index contributed by atoms with van der Waals surface area (Å²) < 4.78 is 0. The molecule has 1 rings (SSSR count). The second-order valence-corrected chi connectivity index (χ2v) is 4.17. The summed E-state index contributed by atoms with van der Waals surface area (Å²) in [5, 5.41) is 9.23. The summed E-state index contributed by atoms with van der Waals surface area (Å²) in [6.45, 7) is 6.08. The predicted octanol–water partition coefficient (Wildman–Crippen LogP) is 1.37. The number of Topliss-reactive ketones (excluding diaryl/α,β-unsaturated/α-hetero) is 1. The molecule has 1 N–H and O–H groups in total. The van der Waals surface area contributed by atoms with Gasteiger partial charge in [0.05, 0.1) is 0 Å². The molecule has 1 fully saturated rings. The van der Waals surface area contributed by atoms with Crippen LogP contribution in [0.15, 0.2) is 0 Å². The van der Waals surface area contributed by atoms with Gasteiger partial charge in [0.25, 0.3) is 0 Å². The van der Waals surface area contributed by atoms with Gasteiger partial charge in [0.2, 0.25) is 0 Å². The van der Waals surface area contributed by atoms with Crippen molar-refractivity contribution in [2.75, 3.05) is 0 Å². The number of aliphatic hydroxyl groups excluding tert-OH is 1. The molecule has 1 aliphatic rings. The molecule has 0 radical (unpaired) electrons. The van der Waals surface area contributed by atoms with Crippen molar-refractivity contribution in [3.05, 3.63) is 0 Å². The third kappa shape index (κ3) is 1.45. The summed E-state index contributed by atoms with van der Waals surface area (Å²) in [5.41, 5.74) is 0.0797. The molecule has 1 aliphatic carbocycles. The maximum atomic E-state index is 11.3. The van der Waals surface area contributed by atoms with Crippen LogP contribution in [0.2, 0.25) is 0 Å². The van der Waals surface area contributed by atoms with E-state index < -0.39 is 6.10 Å². The number of carbonyl (C=O) groups excluding carboxylic acids is 1. The molecule has 2 atom stereocenters. The highest BCUT2D eigenvalue weighted by Gasteiger charge is 2.39. The Balaban J connectivity index is 2.75. The van der Waals surface area contributed by atoms with Gasteiger partial charge in [-0.1, -0.05) is 20.8 Å². The van der Waals surface area contributed by atoms with Crippen molar-refractivity contribution in [2.45, 2.75) is 39.7 Å². The Morgan fingerprint density at radius 2 is 2.09 bits per heavy atom. The molecular formula is C9H16O2. The van der Waals surface area contributed by atoms with E-state index in [0.29, 0.717) is 6.42 Å². The average molecular weight is 156 g/mol. The van der Waals surface area contributed by atoms with Crippen LogP contribution in [0.1, 0.15) is 33.6 Å². The summed E-state index contributed by atoms with van der Waals surface area (Å²) in [6.07, 6.45) is 0.884. The molecule has 0 heterocycles. The topological polar surface area (TPSA) is 37.3 Å². The molecule has 2 heteroatoms. The zero-order chi connectivity index (χ0) is 8.65. The van der Waals surface area contributed by atoms with E-state index in [0.717, 1.165) is 6.42 Å². The van der Waals surface area contributed by atoms with Crippen LogP contribution in [0, 0.1) is 11.3 Å². The maximum absolute atomic E-state index is 11.3. The summed E-state index contributed by atoms with van der Waals surface area (Å²) >= 11 is 0. The van der Waals surface area contributed by atoms with Gasteiger partial charge >= 0.3 is 0 Å². The fraction of sp³-hybridized carbons (Fsp3) is 0.889. The minimum absolute atomic E-state index is 0.00579. The number of hydrogen-bond donors (Lipinski definition) is 1. The van der Waals surface area contributed by atoms with E-state index in [1.807, 2.05) is 6.92 Å². The van der Waals surface area contributed by atoms with Gasteiger partial charge in [0.15, 0.2) is 5.78 Å². The minimum atomic E-state index is -0.696. The van der Waals surface area contributed by atoms with Gasteiger partial charge < -0.3 is 5.11 Å². The van der Waals surface area contributed by atoms with Crippen LogP contribution in [0.5, 0.6) is 0 Å². The van der Waals surface area contributed by atoms with E-state index in [-0.39, 0.29) is 17.1 Å². The van der Waals surface area contributed by atoms with Crippen LogP contribution >= 0.6 is 0 Å². The van der Waals surface area contributed by atoms with Crippen LogP contribution in [0.3, 0.4) is 0 Å². The van der Waals surface area contributed by atoms with Crippen molar-refractivity contribution in [2.24, 2.45) is 11.3 Å². The zero-order valence-electron chi connectivity index (χ0n) is 7.42. The van der Waals surface area contributed by atoms with Crippen molar-refractivity contribution in [1.29, 1.82) is 0 Å². The van der Waals surface area contributed by atoms with Gasteiger partial charge in [-0.3, -0.25) is 4.79 Å². The molecule has 0 spiro atoms. The lowest BCUT2D eigenvalue weighted by Gasteiger charge is -2.37. The van der Waals surface area contributed by atoms with Crippen LogP contribution in [0.4, 0.5) is 0 Å². The summed E-state index contributed by atoms with van der Waals surface area (Å²) in [5.74, 6) is 0.0208. The largest absolute Gasteiger partial charge is 0.385 e. The van der Waals surface area contributed by atoms with Crippen LogP contribution in [0.25, 0.3) is 0 Å². The van der Waals surface area contributed by atoms with Crippen molar-refractivity contribution >= 4 is 5.78 Å².